The van der Waals surface area contributed by atoms with Gasteiger partial charge in [0, 0.05) is 23.5 Å². The standard InChI is InChI=1S/C26H27NO2.ClH/c28-25(21-8-2-1-3-9-21)11-6-16-27-17-14-22(15-18-27)26(29)24-13-12-20-7-4-5-10-23(20)19-24;/h1-5,7-10,12-13,19,22H,6,11,14-18H2;1H. The highest BCUT2D eigenvalue weighted by Crippen LogP contribution is 2.24. The average Bonchev–Trinajstić information content (AvgIpc) is 2.79. The summed E-state index contributed by atoms with van der Waals surface area (Å²) >= 11 is 0. The number of fused-ring (bicyclic) bond motifs is 1. The van der Waals surface area contributed by atoms with Gasteiger partial charge in [-0.2, -0.15) is 0 Å². The van der Waals surface area contributed by atoms with E-state index >= 15 is 0 Å². The van der Waals surface area contributed by atoms with Crippen molar-refractivity contribution in [2.75, 3.05) is 19.6 Å². The predicted octanol–water partition coefficient (Wildman–Crippen LogP) is 5.82. The summed E-state index contributed by atoms with van der Waals surface area (Å²) in [7, 11) is 0. The minimum atomic E-state index is 0. The smallest absolute Gasteiger partial charge is 0.166 e. The summed E-state index contributed by atoms with van der Waals surface area (Å²) < 4.78 is 0. The number of hydrogen-bond donors (Lipinski definition) is 0. The molecule has 1 heterocycles. The Hall–Kier alpha value is -2.49. The number of Topliss-reactive ketones (excluding diaryl/α,β-unsaturated/α-hetero) is 2. The number of hydrogen-bond acceptors (Lipinski definition) is 3. The number of halogens is 1. The summed E-state index contributed by atoms with van der Waals surface area (Å²) in [6, 6.07) is 23.7. The molecule has 1 aliphatic rings. The van der Waals surface area contributed by atoms with Crippen LogP contribution in [0.3, 0.4) is 0 Å². The Kier molecular flexibility index (Phi) is 7.78. The minimum Gasteiger partial charge on any atom is -0.303 e. The van der Waals surface area contributed by atoms with Crippen LogP contribution in [0.15, 0.2) is 72.8 Å². The molecule has 3 aromatic carbocycles. The number of piperidine rings is 1. The van der Waals surface area contributed by atoms with Gasteiger partial charge in [0.25, 0.3) is 0 Å². The molecule has 0 atom stereocenters. The van der Waals surface area contributed by atoms with Gasteiger partial charge in [0.1, 0.15) is 0 Å². The van der Waals surface area contributed by atoms with Gasteiger partial charge in [0.05, 0.1) is 0 Å². The van der Waals surface area contributed by atoms with Crippen molar-refractivity contribution in [3.05, 3.63) is 83.9 Å². The fourth-order valence-corrected chi connectivity index (χ4v) is 4.23. The molecule has 3 nitrogen and oxygen atoms in total. The van der Waals surface area contributed by atoms with Crippen molar-refractivity contribution < 1.29 is 9.59 Å². The first-order valence-corrected chi connectivity index (χ1v) is 10.5. The second-order valence-electron chi connectivity index (χ2n) is 7.93. The van der Waals surface area contributed by atoms with E-state index in [1.807, 2.05) is 60.7 Å². The van der Waals surface area contributed by atoms with Gasteiger partial charge in [0.2, 0.25) is 0 Å². The maximum Gasteiger partial charge on any atom is 0.166 e. The number of carbonyl (C=O) groups is 2. The highest BCUT2D eigenvalue weighted by atomic mass is 35.5. The third-order valence-corrected chi connectivity index (χ3v) is 5.97. The largest absolute Gasteiger partial charge is 0.303 e. The van der Waals surface area contributed by atoms with Crippen LogP contribution in [0.25, 0.3) is 10.8 Å². The normalized spacial score (nSPS) is 14.9. The maximum atomic E-state index is 12.9. The minimum absolute atomic E-state index is 0. The second-order valence-corrected chi connectivity index (χ2v) is 7.93. The molecule has 0 saturated carbocycles. The summed E-state index contributed by atoms with van der Waals surface area (Å²) in [6.45, 7) is 2.79. The maximum absolute atomic E-state index is 12.9. The molecule has 0 aromatic heterocycles. The molecular weight excluding hydrogens is 394 g/mol. The van der Waals surface area contributed by atoms with E-state index in [0.29, 0.717) is 6.42 Å². The van der Waals surface area contributed by atoms with Crippen molar-refractivity contribution in [3.8, 4) is 0 Å². The molecule has 1 saturated heterocycles. The van der Waals surface area contributed by atoms with Gasteiger partial charge in [-0.3, -0.25) is 9.59 Å². The number of ketones is 2. The molecule has 4 rings (SSSR count). The van der Waals surface area contributed by atoms with Gasteiger partial charge in [-0.05, 0) is 55.7 Å². The van der Waals surface area contributed by atoms with E-state index in [0.717, 1.165) is 55.4 Å². The molecule has 0 aliphatic carbocycles. The molecule has 0 bridgehead atoms. The van der Waals surface area contributed by atoms with Crippen LogP contribution in [0.2, 0.25) is 0 Å². The molecule has 3 aromatic rings. The Morgan fingerprint density at radius 3 is 2.20 bits per heavy atom. The first-order chi connectivity index (χ1) is 14.2. The zero-order chi connectivity index (χ0) is 20.1. The Labute approximate surface area is 184 Å². The van der Waals surface area contributed by atoms with Crippen molar-refractivity contribution in [2.45, 2.75) is 25.7 Å². The summed E-state index contributed by atoms with van der Waals surface area (Å²) in [5.74, 6) is 0.597. The van der Waals surface area contributed by atoms with E-state index in [-0.39, 0.29) is 29.9 Å². The van der Waals surface area contributed by atoms with Crippen LogP contribution >= 0.6 is 12.4 Å². The van der Waals surface area contributed by atoms with Crippen molar-refractivity contribution in [3.63, 3.8) is 0 Å². The monoisotopic (exact) mass is 421 g/mol. The lowest BCUT2D eigenvalue weighted by atomic mass is 9.88. The van der Waals surface area contributed by atoms with Crippen LogP contribution < -0.4 is 0 Å². The summed E-state index contributed by atoms with van der Waals surface area (Å²) in [4.78, 5) is 27.6. The highest BCUT2D eigenvalue weighted by molar-refractivity contribution is 6.01. The average molecular weight is 422 g/mol. The van der Waals surface area contributed by atoms with E-state index in [1.165, 1.54) is 5.39 Å². The van der Waals surface area contributed by atoms with E-state index < -0.39 is 0 Å². The number of likely N-dealkylation sites (tertiary alicyclic amines) is 1. The molecule has 0 radical (unpaired) electrons. The third-order valence-electron chi connectivity index (χ3n) is 5.97. The second kappa shape index (κ2) is 10.5. The van der Waals surface area contributed by atoms with E-state index in [2.05, 4.69) is 17.0 Å². The molecule has 1 aliphatic heterocycles. The van der Waals surface area contributed by atoms with E-state index in [4.69, 9.17) is 0 Å². The fraction of sp³-hybridized carbons (Fsp3) is 0.308. The summed E-state index contributed by atoms with van der Waals surface area (Å²) in [5, 5.41) is 2.29. The molecule has 0 spiro atoms. The molecule has 0 amide bonds. The van der Waals surface area contributed by atoms with Crippen molar-refractivity contribution in [1.29, 1.82) is 0 Å². The SMILES string of the molecule is Cl.O=C(CCCN1CCC(C(=O)c2ccc3ccccc3c2)CC1)c1ccccc1. The molecular formula is C26H28ClNO2. The van der Waals surface area contributed by atoms with Gasteiger partial charge in [-0.15, -0.1) is 12.4 Å². The first kappa shape index (κ1) is 22.2. The molecule has 0 N–H and O–H groups in total. The zero-order valence-corrected chi connectivity index (χ0v) is 17.9. The van der Waals surface area contributed by atoms with Crippen LogP contribution in [0.4, 0.5) is 0 Å². The molecule has 30 heavy (non-hydrogen) atoms. The van der Waals surface area contributed by atoms with Crippen LogP contribution in [-0.4, -0.2) is 36.1 Å². The van der Waals surface area contributed by atoms with Crippen LogP contribution in [0.5, 0.6) is 0 Å². The van der Waals surface area contributed by atoms with Gasteiger partial charge in [-0.25, -0.2) is 0 Å². The quantitative estimate of drug-likeness (QED) is 0.451. The Morgan fingerprint density at radius 2 is 1.47 bits per heavy atom. The molecule has 0 unspecified atom stereocenters. The Bertz CT molecular complexity index is 994. The van der Waals surface area contributed by atoms with Gasteiger partial charge in [0.15, 0.2) is 11.6 Å². The highest BCUT2D eigenvalue weighted by Gasteiger charge is 2.25. The topological polar surface area (TPSA) is 37.4 Å². The zero-order valence-electron chi connectivity index (χ0n) is 17.1. The summed E-state index contributed by atoms with van der Waals surface area (Å²) in [6.07, 6.45) is 3.26. The van der Waals surface area contributed by atoms with Gasteiger partial charge >= 0.3 is 0 Å². The van der Waals surface area contributed by atoms with Crippen molar-refractivity contribution in [2.24, 2.45) is 5.92 Å². The Morgan fingerprint density at radius 1 is 0.800 bits per heavy atom. The number of nitrogens with zero attached hydrogens (tertiary/aromatic N) is 1. The molecule has 4 heteroatoms. The Balaban J connectivity index is 0.00000256. The lowest BCUT2D eigenvalue weighted by molar-refractivity contribution is 0.0838. The first-order valence-electron chi connectivity index (χ1n) is 10.5. The third kappa shape index (κ3) is 5.35. The van der Waals surface area contributed by atoms with Crippen LogP contribution in [0, 0.1) is 5.92 Å². The molecule has 156 valence electrons. The lowest BCUT2D eigenvalue weighted by Gasteiger charge is -2.31. The molecule has 1 fully saturated rings. The summed E-state index contributed by atoms with van der Waals surface area (Å²) in [5.41, 5.74) is 1.63. The van der Waals surface area contributed by atoms with Gasteiger partial charge in [-0.1, -0.05) is 66.7 Å². The number of carbonyl (C=O) groups excluding carboxylic acids is 2. The number of rotatable bonds is 7. The van der Waals surface area contributed by atoms with Crippen LogP contribution in [-0.2, 0) is 0 Å². The lowest BCUT2D eigenvalue weighted by Crippen LogP contribution is -2.37. The van der Waals surface area contributed by atoms with E-state index in [9.17, 15) is 9.59 Å². The number of benzene rings is 3. The van der Waals surface area contributed by atoms with E-state index in [1.54, 1.807) is 0 Å². The van der Waals surface area contributed by atoms with Crippen molar-refractivity contribution >= 4 is 34.7 Å². The van der Waals surface area contributed by atoms with Crippen molar-refractivity contribution in [1.82, 2.24) is 4.90 Å². The fourth-order valence-electron chi connectivity index (χ4n) is 4.23. The van der Waals surface area contributed by atoms with Gasteiger partial charge < -0.3 is 4.90 Å². The van der Waals surface area contributed by atoms with Crippen LogP contribution in [0.1, 0.15) is 46.4 Å². The predicted molar refractivity (Wildman–Crippen MR) is 125 cm³/mol.